The van der Waals surface area contributed by atoms with Crippen LogP contribution in [0.25, 0.3) is 0 Å². The van der Waals surface area contributed by atoms with Gasteiger partial charge in [-0.05, 0) is 36.4 Å². The molecule has 22 heavy (non-hydrogen) atoms. The maximum absolute atomic E-state index is 13.1. The van der Waals surface area contributed by atoms with Gasteiger partial charge in [0.15, 0.2) is 0 Å². The Balaban J connectivity index is 2.24. The van der Waals surface area contributed by atoms with Gasteiger partial charge in [-0.1, -0.05) is 12.1 Å². The second kappa shape index (κ2) is 6.15. The van der Waals surface area contributed by atoms with E-state index in [1.807, 2.05) is 0 Å². The number of sulfonamides is 1. The first-order chi connectivity index (χ1) is 10.3. The molecule has 1 N–H and O–H groups in total. The summed E-state index contributed by atoms with van der Waals surface area (Å²) in [4.78, 5) is 12.1. The standard InChI is InChI=1S/C15H15FN2O3S/c1-18(22(2,20)21)14-8-3-5-11(9-14)15(19)17-13-7-4-6-12(16)10-13/h3-10H,1-2H3,(H,17,19). The van der Waals surface area contributed by atoms with Crippen molar-refractivity contribution in [3.8, 4) is 0 Å². The molecule has 0 heterocycles. The molecule has 116 valence electrons. The summed E-state index contributed by atoms with van der Waals surface area (Å²) in [6.07, 6.45) is 1.08. The number of nitrogens with one attached hydrogen (secondary N) is 1. The molecule has 0 saturated heterocycles. The van der Waals surface area contributed by atoms with E-state index in [1.165, 1.54) is 31.3 Å². The van der Waals surface area contributed by atoms with Crippen molar-refractivity contribution in [2.45, 2.75) is 0 Å². The van der Waals surface area contributed by atoms with E-state index >= 15 is 0 Å². The lowest BCUT2D eigenvalue weighted by Crippen LogP contribution is -2.25. The number of hydrogen-bond acceptors (Lipinski definition) is 3. The molecule has 0 atom stereocenters. The van der Waals surface area contributed by atoms with Gasteiger partial charge in [0.2, 0.25) is 10.0 Å². The van der Waals surface area contributed by atoms with Crippen LogP contribution >= 0.6 is 0 Å². The lowest BCUT2D eigenvalue weighted by atomic mass is 10.2. The number of rotatable bonds is 4. The molecular weight excluding hydrogens is 307 g/mol. The summed E-state index contributed by atoms with van der Waals surface area (Å²) < 4.78 is 37.2. The van der Waals surface area contributed by atoms with Crippen LogP contribution in [0.1, 0.15) is 10.4 Å². The van der Waals surface area contributed by atoms with E-state index in [9.17, 15) is 17.6 Å². The van der Waals surface area contributed by atoms with Gasteiger partial charge in [-0.3, -0.25) is 9.10 Å². The number of carbonyl (C=O) groups is 1. The predicted molar refractivity (Wildman–Crippen MR) is 84.0 cm³/mol. The molecule has 0 saturated carbocycles. The molecule has 0 bridgehead atoms. The summed E-state index contributed by atoms with van der Waals surface area (Å²) >= 11 is 0. The van der Waals surface area contributed by atoms with Gasteiger partial charge < -0.3 is 5.32 Å². The van der Waals surface area contributed by atoms with Crippen LogP contribution in [-0.2, 0) is 10.0 Å². The largest absolute Gasteiger partial charge is 0.322 e. The molecule has 0 fully saturated rings. The molecule has 0 radical (unpaired) electrons. The van der Waals surface area contributed by atoms with Gasteiger partial charge in [0.1, 0.15) is 5.82 Å². The van der Waals surface area contributed by atoms with Crippen molar-refractivity contribution < 1.29 is 17.6 Å². The summed E-state index contributed by atoms with van der Waals surface area (Å²) in [5.41, 5.74) is 0.971. The second-order valence-corrected chi connectivity index (χ2v) is 6.76. The molecule has 0 aliphatic heterocycles. The molecule has 7 heteroatoms. The summed E-state index contributed by atoms with van der Waals surface area (Å²) in [5, 5.41) is 2.56. The van der Waals surface area contributed by atoms with Gasteiger partial charge in [-0.2, -0.15) is 0 Å². The van der Waals surface area contributed by atoms with Crippen LogP contribution in [0.4, 0.5) is 15.8 Å². The van der Waals surface area contributed by atoms with Crippen molar-refractivity contribution in [2.24, 2.45) is 0 Å². The van der Waals surface area contributed by atoms with Crippen LogP contribution in [0, 0.1) is 5.82 Å². The van der Waals surface area contributed by atoms with E-state index < -0.39 is 21.7 Å². The van der Waals surface area contributed by atoms with Crippen molar-refractivity contribution in [3.63, 3.8) is 0 Å². The molecule has 0 aliphatic carbocycles. The van der Waals surface area contributed by atoms with Gasteiger partial charge in [0.05, 0.1) is 11.9 Å². The zero-order valence-corrected chi connectivity index (χ0v) is 12.9. The quantitative estimate of drug-likeness (QED) is 0.940. The highest BCUT2D eigenvalue weighted by molar-refractivity contribution is 7.92. The zero-order chi connectivity index (χ0) is 16.3. The van der Waals surface area contributed by atoms with E-state index in [-0.39, 0.29) is 5.56 Å². The number of nitrogens with zero attached hydrogens (tertiary/aromatic N) is 1. The Morgan fingerprint density at radius 2 is 1.82 bits per heavy atom. The Morgan fingerprint density at radius 1 is 1.14 bits per heavy atom. The van der Waals surface area contributed by atoms with Crippen molar-refractivity contribution in [2.75, 3.05) is 22.9 Å². The molecular formula is C15H15FN2O3S. The number of benzene rings is 2. The minimum atomic E-state index is -3.41. The minimum Gasteiger partial charge on any atom is -0.322 e. The molecule has 2 aromatic carbocycles. The lowest BCUT2D eigenvalue weighted by Gasteiger charge is -2.17. The van der Waals surface area contributed by atoms with Crippen molar-refractivity contribution in [3.05, 3.63) is 59.9 Å². The number of hydrogen-bond donors (Lipinski definition) is 1. The third-order valence-electron chi connectivity index (χ3n) is 3.05. The maximum atomic E-state index is 13.1. The van der Waals surface area contributed by atoms with Crippen LogP contribution in [0.15, 0.2) is 48.5 Å². The van der Waals surface area contributed by atoms with E-state index in [1.54, 1.807) is 24.3 Å². The molecule has 1 amide bonds. The Kier molecular flexibility index (Phi) is 4.46. The van der Waals surface area contributed by atoms with Gasteiger partial charge >= 0.3 is 0 Å². The monoisotopic (exact) mass is 322 g/mol. The summed E-state index contributed by atoms with van der Waals surface area (Å²) in [6, 6.07) is 11.7. The fourth-order valence-electron chi connectivity index (χ4n) is 1.80. The normalized spacial score (nSPS) is 11.0. The number of amides is 1. The zero-order valence-electron chi connectivity index (χ0n) is 12.1. The third kappa shape index (κ3) is 3.82. The van der Waals surface area contributed by atoms with Crippen molar-refractivity contribution in [1.82, 2.24) is 0 Å². The topological polar surface area (TPSA) is 66.5 Å². The second-order valence-electron chi connectivity index (χ2n) is 4.75. The molecule has 0 unspecified atom stereocenters. The Morgan fingerprint density at radius 3 is 2.45 bits per heavy atom. The van der Waals surface area contributed by atoms with E-state index in [4.69, 9.17) is 0 Å². The maximum Gasteiger partial charge on any atom is 0.255 e. The lowest BCUT2D eigenvalue weighted by molar-refractivity contribution is 0.102. The third-order valence-corrected chi connectivity index (χ3v) is 4.26. The van der Waals surface area contributed by atoms with Crippen LogP contribution in [0.5, 0.6) is 0 Å². The first-order valence-corrected chi connectivity index (χ1v) is 8.23. The van der Waals surface area contributed by atoms with E-state index in [0.717, 1.165) is 10.6 Å². The average molecular weight is 322 g/mol. The molecule has 2 aromatic rings. The summed E-state index contributed by atoms with van der Waals surface area (Å²) in [5.74, 6) is -0.905. The number of anilines is 2. The van der Waals surface area contributed by atoms with Crippen molar-refractivity contribution in [1.29, 1.82) is 0 Å². The Hall–Kier alpha value is -2.41. The summed E-state index contributed by atoms with van der Waals surface area (Å²) in [7, 11) is -2.01. The molecule has 0 aliphatic rings. The van der Waals surface area contributed by atoms with E-state index in [0.29, 0.717) is 11.4 Å². The molecule has 2 rings (SSSR count). The highest BCUT2D eigenvalue weighted by atomic mass is 32.2. The molecule has 0 spiro atoms. The highest BCUT2D eigenvalue weighted by Gasteiger charge is 2.14. The SMILES string of the molecule is CN(c1cccc(C(=O)Nc2cccc(F)c2)c1)S(C)(=O)=O. The Bertz CT molecular complexity index is 806. The van der Waals surface area contributed by atoms with Gasteiger partial charge in [-0.25, -0.2) is 12.8 Å². The fourth-order valence-corrected chi connectivity index (χ4v) is 2.30. The Labute approximate surface area is 128 Å². The van der Waals surface area contributed by atoms with Crippen LogP contribution in [-0.4, -0.2) is 27.6 Å². The first kappa shape index (κ1) is 16.0. The van der Waals surface area contributed by atoms with Crippen LogP contribution < -0.4 is 9.62 Å². The smallest absolute Gasteiger partial charge is 0.255 e. The molecule has 0 aromatic heterocycles. The molecule has 5 nitrogen and oxygen atoms in total. The minimum absolute atomic E-state index is 0.275. The first-order valence-electron chi connectivity index (χ1n) is 6.38. The van der Waals surface area contributed by atoms with Crippen molar-refractivity contribution >= 4 is 27.3 Å². The predicted octanol–water partition coefficient (Wildman–Crippen LogP) is 2.47. The van der Waals surface area contributed by atoms with Gasteiger partial charge in [-0.15, -0.1) is 0 Å². The summed E-state index contributed by atoms with van der Waals surface area (Å²) in [6.45, 7) is 0. The van der Waals surface area contributed by atoms with E-state index in [2.05, 4.69) is 5.32 Å². The van der Waals surface area contributed by atoms with Gasteiger partial charge in [0.25, 0.3) is 5.91 Å². The number of halogens is 1. The number of carbonyl (C=O) groups excluding carboxylic acids is 1. The van der Waals surface area contributed by atoms with Crippen LogP contribution in [0.3, 0.4) is 0 Å². The fraction of sp³-hybridized carbons (Fsp3) is 0.133. The average Bonchev–Trinajstić information content (AvgIpc) is 2.45. The van der Waals surface area contributed by atoms with Gasteiger partial charge in [0, 0.05) is 18.3 Å². The van der Waals surface area contributed by atoms with Crippen LogP contribution in [0.2, 0.25) is 0 Å². The highest BCUT2D eigenvalue weighted by Crippen LogP contribution is 2.18.